The van der Waals surface area contributed by atoms with E-state index in [0.717, 1.165) is 26.7 Å². The quantitative estimate of drug-likeness (QED) is 0.242. The molecule has 0 N–H and O–H groups in total. The van der Waals surface area contributed by atoms with Gasteiger partial charge in [0.1, 0.15) is 12.3 Å². The van der Waals surface area contributed by atoms with Crippen LogP contribution in [0.3, 0.4) is 0 Å². The fourth-order valence-corrected chi connectivity index (χ4v) is 3.99. The van der Waals surface area contributed by atoms with Crippen molar-refractivity contribution in [1.82, 2.24) is 15.1 Å². The lowest BCUT2D eigenvalue weighted by Gasteiger charge is -2.28. The summed E-state index contributed by atoms with van der Waals surface area (Å²) >= 11 is 0. The van der Waals surface area contributed by atoms with E-state index in [-0.39, 0.29) is 13.1 Å². The number of nitriles is 1. The molecule has 0 aliphatic carbocycles. The van der Waals surface area contributed by atoms with Crippen LogP contribution in [0.5, 0.6) is 0 Å². The Bertz CT molecular complexity index is 1190. The molecule has 0 saturated heterocycles. The molecule has 0 bridgehead atoms. The van der Waals surface area contributed by atoms with E-state index in [1.807, 2.05) is 32.0 Å². The average molecular weight is 429 g/mol. The van der Waals surface area contributed by atoms with Crippen LogP contribution in [0.2, 0.25) is 0 Å². The maximum Gasteiger partial charge on any atom is 0.261 e. The molecule has 2 heterocycles. The van der Waals surface area contributed by atoms with Gasteiger partial charge in [-0.25, -0.2) is 5.01 Å². The SMILES string of the molecule is Cc1noc(C)c1-c1ccc(C(CN2C(=O)c3ccccc3C2=O)N(CC#N)N=O)cc1. The van der Waals surface area contributed by atoms with Gasteiger partial charge in [0.15, 0.2) is 0 Å². The topological polar surface area (TPSA) is 120 Å². The van der Waals surface area contributed by atoms with Gasteiger partial charge < -0.3 is 4.52 Å². The third kappa shape index (κ3) is 3.52. The Kier molecular flexibility index (Phi) is 5.52. The maximum absolute atomic E-state index is 12.8. The lowest BCUT2D eigenvalue weighted by molar-refractivity contribution is 0.0595. The van der Waals surface area contributed by atoms with E-state index in [4.69, 9.17) is 9.78 Å². The summed E-state index contributed by atoms with van der Waals surface area (Å²) in [6.45, 7) is 3.25. The highest BCUT2D eigenvalue weighted by Gasteiger charge is 2.38. The summed E-state index contributed by atoms with van der Waals surface area (Å²) in [5.41, 5.74) is 3.75. The Morgan fingerprint density at radius 1 is 1.09 bits per heavy atom. The predicted molar refractivity (Wildman–Crippen MR) is 114 cm³/mol. The molecule has 0 fully saturated rings. The van der Waals surface area contributed by atoms with Crippen molar-refractivity contribution < 1.29 is 14.1 Å². The van der Waals surface area contributed by atoms with Crippen molar-refractivity contribution in [2.24, 2.45) is 5.29 Å². The highest BCUT2D eigenvalue weighted by molar-refractivity contribution is 6.21. The third-order valence-electron chi connectivity index (χ3n) is 5.55. The summed E-state index contributed by atoms with van der Waals surface area (Å²) in [6, 6.07) is 14.9. The first-order valence-corrected chi connectivity index (χ1v) is 9.91. The van der Waals surface area contributed by atoms with Crippen molar-refractivity contribution in [3.05, 3.63) is 81.6 Å². The second-order valence-electron chi connectivity index (χ2n) is 7.44. The monoisotopic (exact) mass is 429 g/mol. The molecule has 9 nitrogen and oxygen atoms in total. The molecule has 2 aromatic carbocycles. The Morgan fingerprint density at radius 2 is 1.72 bits per heavy atom. The van der Waals surface area contributed by atoms with Gasteiger partial charge in [-0.2, -0.15) is 5.26 Å². The summed E-state index contributed by atoms with van der Waals surface area (Å²) in [4.78, 5) is 38.3. The zero-order chi connectivity index (χ0) is 22.8. The van der Waals surface area contributed by atoms with Gasteiger partial charge in [0, 0.05) is 5.56 Å². The third-order valence-corrected chi connectivity index (χ3v) is 5.55. The van der Waals surface area contributed by atoms with Gasteiger partial charge in [0.25, 0.3) is 11.8 Å². The van der Waals surface area contributed by atoms with Crippen LogP contribution in [0.15, 0.2) is 58.3 Å². The Balaban J connectivity index is 1.68. The van der Waals surface area contributed by atoms with E-state index >= 15 is 0 Å². The van der Waals surface area contributed by atoms with E-state index in [0.29, 0.717) is 22.5 Å². The maximum atomic E-state index is 12.8. The number of aromatic nitrogens is 1. The fourth-order valence-electron chi connectivity index (χ4n) is 3.99. The van der Waals surface area contributed by atoms with Crippen LogP contribution < -0.4 is 0 Å². The summed E-state index contributed by atoms with van der Waals surface area (Å²) in [7, 11) is 0. The van der Waals surface area contributed by atoms with Gasteiger partial charge in [-0.1, -0.05) is 41.6 Å². The Morgan fingerprint density at radius 3 is 2.22 bits per heavy atom. The van der Waals surface area contributed by atoms with E-state index in [1.54, 1.807) is 36.4 Å². The molecule has 0 radical (unpaired) electrons. The number of fused-ring (bicyclic) bond motifs is 1. The van der Waals surface area contributed by atoms with Gasteiger partial charge in [-0.15, -0.1) is 4.91 Å². The highest BCUT2D eigenvalue weighted by Crippen LogP contribution is 2.31. The van der Waals surface area contributed by atoms with E-state index in [9.17, 15) is 14.5 Å². The van der Waals surface area contributed by atoms with Crippen molar-refractivity contribution in [3.8, 4) is 17.2 Å². The van der Waals surface area contributed by atoms with Crippen molar-refractivity contribution in [1.29, 1.82) is 5.26 Å². The van der Waals surface area contributed by atoms with Crippen molar-refractivity contribution in [3.63, 3.8) is 0 Å². The van der Waals surface area contributed by atoms with Crippen LogP contribution in [0, 0.1) is 30.1 Å². The number of hydrogen-bond donors (Lipinski definition) is 0. The Hall–Kier alpha value is -4.32. The minimum absolute atomic E-state index is 0.121. The highest BCUT2D eigenvalue weighted by atomic mass is 16.5. The molecule has 4 rings (SSSR count). The molecule has 0 spiro atoms. The molecule has 1 atom stereocenters. The molecule has 3 aromatic rings. The number of carbonyl (C=O) groups excluding carboxylic acids is 2. The lowest BCUT2D eigenvalue weighted by Crippen LogP contribution is -2.39. The van der Waals surface area contributed by atoms with Gasteiger partial charge >= 0.3 is 0 Å². The van der Waals surface area contributed by atoms with Crippen LogP contribution in [-0.2, 0) is 0 Å². The first-order valence-electron chi connectivity index (χ1n) is 9.91. The Labute approximate surface area is 183 Å². The molecule has 1 aliphatic heterocycles. The number of nitrogens with zero attached hydrogens (tertiary/aromatic N) is 5. The molecular weight excluding hydrogens is 410 g/mol. The number of hydrogen-bond acceptors (Lipinski definition) is 7. The normalized spacial score (nSPS) is 13.6. The smallest absolute Gasteiger partial charge is 0.261 e. The van der Waals surface area contributed by atoms with Gasteiger partial charge in [-0.05, 0) is 37.1 Å². The van der Waals surface area contributed by atoms with Crippen molar-refractivity contribution in [2.45, 2.75) is 19.9 Å². The lowest BCUT2D eigenvalue weighted by atomic mass is 9.99. The standard InChI is InChI=1S/C23H19N5O4/c1-14-21(15(2)32-25-14)17-9-7-16(8-10-17)20(28(26-31)12-11-24)13-27-22(29)18-5-3-4-6-19(18)23(27)30/h3-10,20H,12-13H2,1-2H3. The van der Waals surface area contributed by atoms with Crippen LogP contribution >= 0.6 is 0 Å². The second-order valence-corrected chi connectivity index (χ2v) is 7.44. The van der Waals surface area contributed by atoms with Crippen molar-refractivity contribution >= 4 is 11.8 Å². The number of aryl methyl sites for hydroxylation is 2. The fraction of sp³-hybridized carbons (Fsp3) is 0.217. The molecule has 1 aliphatic rings. The van der Waals surface area contributed by atoms with Gasteiger partial charge in [0.2, 0.25) is 0 Å². The minimum Gasteiger partial charge on any atom is -0.361 e. The van der Waals surface area contributed by atoms with Crippen LogP contribution in [0.1, 0.15) is 43.8 Å². The first kappa shape index (κ1) is 20.9. The number of rotatable bonds is 7. The molecule has 1 unspecified atom stereocenters. The zero-order valence-corrected chi connectivity index (χ0v) is 17.5. The van der Waals surface area contributed by atoms with Crippen molar-refractivity contribution in [2.75, 3.05) is 13.1 Å². The van der Waals surface area contributed by atoms with E-state index in [1.165, 1.54) is 0 Å². The number of amides is 2. The van der Waals surface area contributed by atoms with Gasteiger partial charge in [-0.3, -0.25) is 14.5 Å². The average Bonchev–Trinajstić information content (AvgIpc) is 3.27. The first-order chi connectivity index (χ1) is 15.5. The molecular formula is C23H19N5O4. The molecule has 1 aromatic heterocycles. The summed E-state index contributed by atoms with van der Waals surface area (Å²) < 4.78 is 5.23. The van der Waals surface area contributed by atoms with Gasteiger partial charge in [0.05, 0.1) is 40.8 Å². The second kappa shape index (κ2) is 8.43. The largest absolute Gasteiger partial charge is 0.361 e. The number of nitroso groups, excluding NO2 is 1. The van der Waals surface area contributed by atoms with E-state index in [2.05, 4.69) is 10.4 Å². The molecule has 160 valence electrons. The predicted octanol–water partition coefficient (Wildman–Crippen LogP) is 3.80. The molecule has 2 amide bonds. The summed E-state index contributed by atoms with van der Waals surface area (Å²) in [5, 5.41) is 17.1. The van der Waals surface area contributed by atoms with Crippen LogP contribution in [0.25, 0.3) is 11.1 Å². The number of imide groups is 1. The zero-order valence-electron chi connectivity index (χ0n) is 17.5. The molecule has 32 heavy (non-hydrogen) atoms. The summed E-state index contributed by atoms with van der Waals surface area (Å²) in [5.74, 6) is -0.199. The number of carbonyl (C=O) groups is 2. The molecule has 0 saturated carbocycles. The van der Waals surface area contributed by atoms with E-state index < -0.39 is 17.9 Å². The number of benzene rings is 2. The summed E-state index contributed by atoms with van der Waals surface area (Å²) in [6.07, 6.45) is 0. The minimum atomic E-state index is -0.784. The van der Waals surface area contributed by atoms with Crippen LogP contribution in [-0.4, -0.2) is 40.0 Å². The molecule has 9 heteroatoms. The van der Waals surface area contributed by atoms with Crippen LogP contribution in [0.4, 0.5) is 0 Å².